The smallest absolute Gasteiger partial charge is 0.262 e. The van der Waals surface area contributed by atoms with Gasteiger partial charge in [-0.2, -0.15) is 0 Å². The summed E-state index contributed by atoms with van der Waals surface area (Å²) in [6, 6.07) is 12.2. The van der Waals surface area contributed by atoms with Crippen LogP contribution in [-0.4, -0.2) is 32.0 Å². The van der Waals surface area contributed by atoms with E-state index in [1.807, 2.05) is 6.07 Å². The topological polar surface area (TPSA) is 55.8 Å². The number of ether oxygens (including phenoxy) is 2. The molecular formula is C18H17NO4. The zero-order valence-corrected chi connectivity index (χ0v) is 13.0. The Labute approximate surface area is 134 Å². The van der Waals surface area contributed by atoms with Gasteiger partial charge < -0.3 is 14.4 Å². The van der Waals surface area contributed by atoms with E-state index < -0.39 is 0 Å². The number of Topliss-reactive ketones (excluding diaryl/α,β-unsaturated/α-hetero) is 1. The first-order chi connectivity index (χ1) is 11.1. The van der Waals surface area contributed by atoms with Crippen LogP contribution in [0.3, 0.4) is 0 Å². The van der Waals surface area contributed by atoms with E-state index in [9.17, 15) is 9.59 Å². The fraction of sp³-hybridized carbons (Fsp3) is 0.222. The van der Waals surface area contributed by atoms with Crippen molar-refractivity contribution >= 4 is 17.4 Å². The number of carbonyl (C=O) groups excluding carboxylic acids is 2. The second-order valence-corrected chi connectivity index (χ2v) is 5.24. The third-order valence-corrected chi connectivity index (χ3v) is 3.81. The lowest BCUT2D eigenvalue weighted by Crippen LogP contribution is -2.38. The zero-order valence-electron chi connectivity index (χ0n) is 13.0. The molecule has 0 N–H and O–H groups in total. The molecule has 1 heterocycles. The number of methoxy groups -OCH3 is 1. The van der Waals surface area contributed by atoms with Gasteiger partial charge in [0, 0.05) is 5.56 Å². The van der Waals surface area contributed by atoms with Crippen LogP contribution in [-0.2, 0) is 0 Å². The van der Waals surface area contributed by atoms with Crippen molar-refractivity contribution in [1.82, 2.24) is 0 Å². The molecule has 1 aliphatic heterocycles. The highest BCUT2D eigenvalue weighted by Gasteiger charge is 2.27. The largest absolute Gasteiger partial charge is 0.496 e. The summed E-state index contributed by atoms with van der Waals surface area (Å²) in [5.41, 5.74) is 1.64. The molecule has 0 spiro atoms. The number of anilines is 1. The van der Waals surface area contributed by atoms with Crippen molar-refractivity contribution in [2.75, 3.05) is 25.2 Å². The van der Waals surface area contributed by atoms with Gasteiger partial charge in [0.25, 0.3) is 5.91 Å². The van der Waals surface area contributed by atoms with E-state index in [1.54, 1.807) is 41.3 Å². The monoisotopic (exact) mass is 311 g/mol. The van der Waals surface area contributed by atoms with Gasteiger partial charge in [-0.15, -0.1) is 0 Å². The van der Waals surface area contributed by atoms with E-state index in [0.29, 0.717) is 41.5 Å². The molecule has 0 fully saturated rings. The van der Waals surface area contributed by atoms with E-state index in [1.165, 1.54) is 14.0 Å². The summed E-state index contributed by atoms with van der Waals surface area (Å²) in [5, 5.41) is 0. The predicted molar refractivity (Wildman–Crippen MR) is 86.6 cm³/mol. The molecular weight excluding hydrogens is 294 g/mol. The normalized spacial score (nSPS) is 13.0. The Hall–Kier alpha value is -2.82. The molecule has 1 aliphatic rings. The molecule has 0 radical (unpaired) electrons. The van der Waals surface area contributed by atoms with Gasteiger partial charge in [-0.1, -0.05) is 12.1 Å². The minimum absolute atomic E-state index is 0.0527. The molecule has 5 heteroatoms. The molecule has 23 heavy (non-hydrogen) atoms. The first-order valence-electron chi connectivity index (χ1n) is 7.34. The number of ketones is 1. The highest BCUT2D eigenvalue weighted by atomic mass is 16.5. The van der Waals surface area contributed by atoms with Crippen molar-refractivity contribution in [2.24, 2.45) is 0 Å². The maximum absolute atomic E-state index is 12.9. The number of fused-ring (bicyclic) bond motifs is 1. The van der Waals surface area contributed by atoms with Crippen LogP contribution in [0.2, 0.25) is 0 Å². The number of para-hydroxylation sites is 1. The molecule has 0 aromatic heterocycles. The fourth-order valence-electron chi connectivity index (χ4n) is 2.61. The number of hydrogen-bond acceptors (Lipinski definition) is 4. The van der Waals surface area contributed by atoms with Crippen LogP contribution >= 0.6 is 0 Å². The lowest BCUT2D eigenvalue weighted by Gasteiger charge is -2.30. The molecule has 0 saturated carbocycles. The third-order valence-electron chi connectivity index (χ3n) is 3.81. The lowest BCUT2D eigenvalue weighted by molar-refractivity contribution is 0.0970. The number of amides is 1. The fourth-order valence-corrected chi connectivity index (χ4v) is 2.61. The Bertz CT molecular complexity index is 769. The lowest BCUT2D eigenvalue weighted by atomic mass is 10.1. The molecule has 0 saturated heterocycles. The number of benzene rings is 2. The molecule has 0 atom stereocenters. The maximum atomic E-state index is 12.9. The second kappa shape index (κ2) is 6.12. The van der Waals surface area contributed by atoms with Crippen LogP contribution in [0.1, 0.15) is 27.6 Å². The molecule has 1 amide bonds. The average molecular weight is 311 g/mol. The van der Waals surface area contributed by atoms with Crippen molar-refractivity contribution in [3.05, 3.63) is 53.6 Å². The highest BCUT2D eigenvalue weighted by Crippen LogP contribution is 2.34. The quantitative estimate of drug-likeness (QED) is 0.818. The van der Waals surface area contributed by atoms with Crippen LogP contribution in [0, 0.1) is 0 Å². The summed E-state index contributed by atoms with van der Waals surface area (Å²) < 4.78 is 10.9. The van der Waals surface area contributed by atoms with E-state index in [-0.39, 0.29) is 11.7 Å². The van der Waals surface area contributed by atoms with Crippen molar-refractivity contribution in [3.63, 3.8) is 0 Å². The minimum Gasteiger partial charge on any atom is -0.496 e. The zero-order chi connectivity index (χ0) is 16.4. The highest BCUT2D eigenvalue weighted by molar-refractivity contribution is 6.09. The Kier molecular flexibility index (Phi) is 4.02. The van der Waals surface area contributed by atoms with Gasteiger partial charge in [0.15, 0.2) is 5.78 Å². The Balaban J connectivity index is 2.04. The summed E-state index contributed by atoms with van der Waals surface area (Å²) in [6.07, 6.45) is 0. The van der Waals surface area contributed by atoms with Crippen LogP contribution < -0.4 is 14.4 Å². The van der Waals surface area contributed by atoms with Crippen LogP contribution in [0.4, 0.5) is 5.69 Å². The summed E-state index contributed by atoms with van der Waals surface area (Å²) in [6.45, 7) is 2.33. The summed E-state index contributed by atoms with van der Waals surface area (Å²) >= 11 is 0. The van der Waals surface area contributed by atoms with Gasteiger partial charge in [-0.05, 0) is 37.3 Å². The van der Waals surface area contributed by atoms with Gasteiger partial charge in [0.05, 0.1) is 24.9 Å². The van der Waals surface area contributed by atoms with Crippen molar-refractivity contribution in [1.29, 1.82) is 0 Å². The maximum Gasteiger partial charge on any atom is 0.262 e. The first kappa shape index (κ1) is 15.1. The van der Waals surface area contributed by atoms with Gasteiger partial charge in [-0.25, -0.2) is 0 Å². The Morgan fingerprint density at radius 2 is 1.96 bits per heavy atom. The Morgan fingerprint density at radius 3 is 2.70 bits per heavy atom. The van der Waals surface area contributed by atoms with Crippen molar-refractivity contribution in [3.8, 4) is 11.5 Å². The number of nitrogens with zero attached hydrogens (tertiary/aromatic N) is 1. The average Bonchev–Trinajstić information content (AvgIpc) is 2.60. The van der Waals surface area contributed by atoms with Crippen LogP contribution in [0.5, 0.6) is 11.5 Å². The SMILES string of the molecule is COc1ccccc1C(=O)N1CCOc2ccc(C(C)=O)cc21. The molecule has 5 nitrogen and oxygen atoms in total. The van der Waals surface area contributed by atoms with Crippen LogP contribution in [0.15, 0.2) is 42.5 Å². The predicted octanol–water partition coefficient (Wildman–Crippen LogP) is 2.94. The van der Waals surface area contributed by atoms with E-state index in [2.05, 4.69) is 0 Å². The molecule has 2 aromatic carbocycles. The molecule has 0 aliphatic carbocycles. The first-order valence-corrected chi connectivity index (χ1v) is 7.34. The van der Waals surface area contributed by atoms with Crippen molar-refractivity contribution in [2.45, 2.75) is 6.92 Å². The van der Waals surface area contributed by atoms with Gasteiger partial charge in [-0.3, -0.25) is 9.59 Å². The summed E-state index contributed by atoms with van der Waals surface area (Å²) in [7, 11) is 1.53. The van der Waals surface area contributed by atoms with Crippen molar-refractivity contribution < 1.29 is 19.1 Å². The summed E-state index contributed by atoms with van der Waals surface area (Å²) in [5.74, 6) is 0.897. The van der Waals surface area contributed by atoms with E-state index in [0.717, 1.165) is 0 Å². The van der Waals surface area contributed by atoms with Crippen LogP contribution in [0.25, 0.3) is 0 Å². The van der Waals surface area contributed by atoms with Gasteiger partial charge in [0.1, 0.15) is 18.1 Å². The summed E-state index contributed by atoms with van der Waals surface area (Å²) in [4.78, 5) is 26.2. The molecule has 0 unspecified atom stereocenters. The second-order valence-electron chi connectivity index (χ2n) is 5.24. The number of carbonyl (C=O) groups is 2. The molecule has 3 rings (SSSR count). The standard InChI is InChI=1S/C18H17NO4/c1-12(20)13-7-8-17-15(11-13)19(9-10-23-17)18(21)14-5-3-4-6-16(14)22-2/h3-8,11H,9-10H2,1-2H3. The number of hydrogen-bond donors (Lipinski definition) is 0. The molecule has 0 bridgehead atoms. The van der Waals surface area contributed by atoms with E-state index in [4.69, 9.17) is 9.47 Å². The minimum atomic E-state index is -0.173. The third kappa shape index (κ3) is 2.77. The number of rotatable bonds is 3. The molecule has 2 aromatic rings. The van der Waals surface area contributed by atoms with Gasteiger partial charge in [0.2, 0.25) is 0 Å². The van der Waals surface area contributed by atoms with E-state index >= 15 is 0 Å². The molecule has 118 valence electrons. The van der Waals surface area contributed by atoms with Gasteiger partial charge >= 0.3 is 0 Å². The Morgan fingerprint density at radius 1 is 1.17 bits per heavy atom.